The maximum Gasteiger partial charge on any atom is 0.303 e. The van der Waals surface area contributed by atoms with E-state index in [-0.39, 0.29) is 19.5 Å². The van der Waals surface area contributed by atoms with E-state index in [1.807, 2.05) is 0 Å². The van der Waals surface area contributed by atoms with Gasteiger partial charge in [-0.25, -0.2) is 0 Å². The monoisotopic (exact) mass is 587 g/mol. The number of fused-ring (bicyclic) bond motifs is 1. The number of carbonyl (C=O) groups is 7. The first-order valence-electron chi connectivity index (χ1n) is 13.0. The van der Waals surface area contributed by atoms with Crippen LogP contribution in [0.1, 0.15) is 54.9 Å². The maximum atomic E-state index is 12.4. The third-order valence-corrected chi connectivity index (χ3v) is 6.45. The second kappa shape index (κ2) is 14.8. The number of carbonyl (C=O) groups excluding carboxylic acids is 7. The standard InChI is InChI=1S/C26H37NO14/c1-12(28)35-11-21(37-14(3)30)23(38-15(4)31)19-8-9-27-10-20(36-13(2)29)25(40-17(6)33)26(41-18(7)34)22(27)24(19)39-16(5)32/h19-26H,8-11H2,1-7H3/t19-,20+,21-,22+,23-,24+,25-,26-/m1/s1. The summed E-state index contributed by atoms with van der Waals surface area (Å²) in [5.41, 5.74) is 0. The predicted molar refractivity (Wildman–Crippen MR) is 133 cm³/mol. The first-order valence-corrected chi connectivity index (χ1v) is 13.0. The Morgan fingerprint density at radius 1 is 0.634 bits per heavy atom. The molecule has 0 unspecified atom stereocenters. The average molecular weight is 588 g/mol. The minimum absolute atomic E-state index is 0.0174. The van der Waals surface area contributed by atoms with E-state index in [9.17, 15) is 33.6 Å². The van der Waals surface area contributed by atoms with Gasteiger partial charge in [-0.1, -0.05) is 0 Å². The summed E-state index contributed by atoms with van der Waals surface area (Å²) in [6, 6.07) is -0.984. The number of nitrogens with zero attached hydrogens (tertiary/aromatic N) is 1. The van der Waals surface area contributed by atoms with Gasteiger partial charge in [0.05, 0.1) is 6.04 Å². The van der Waals surface area contributed by atoms with Gasteiger partial charge in [0.1, 0.15) is 18.8 Å². The number of hydrogen-bond acceptors (Lipinski definition) is 15. The van der Waals surface area contributed by atoms with Gasteiger partial charge in [0.15, 0.2) is 24.4 Å². The largest absolute Gasteiger partial charge is 0.462 e. The molecule has 230 valence electrons. The molecule has 2 aliphatic rings. The molecule has 8 atom stereocenters. The van der Waals surface area contributed by atoms with Crippen LogP contribution in [-0.2, 0) is 66.7 Å². The average Bonchev–Trinajstić information content (AvgIpc) is 2.81. The molecular weight excluding hydrogens is 550 g/mol. The minimum atomic E-state index is -1.31. The Kier molecular flexibility index (Phi) is 12.0. The first kappa shape index (κ1) is 33.5. The fraction of sp³-hybridized carbons (Fsp3) is 0.731. The van der Waals surface area contributed by atoms with E-state index in [1.54, 1.807) is 4.90 Å². The smallest absolute Gasteiger partial charge is 0.303 e. The van der Waals surface area contributed by atoms with Crippen LogP contribution in [0.25, 0.3) is 0 Å². The maximum absolute atomic E-state index is 12.4. The Bertz CT molecular complexity index is 1030. The fourth-order valence-corrected chi connectivity index (χ4v) is 5.36. The Morgan fingerprint density at radius 3 is 1.63 bits per heavy atom. The molecule has 2 heterocycles. The van der Waals surface area contributed by atoms with Crippen molar-refractivity contribution in [1.82, 2.24) is 4.90 Å². The van der Waals surface area contributed by atoms with Crippen LogP contribution in [0.2, 0.25) is 0 Å². The number of hydrogen-bond donors (Lipinski definition) is 0. The van der Waals surface area contributed by atoms with Crippen molar-refractivity contribution < 1.29 is 66.7 Å². The zero-order valence-electron chi connectivity index (χ0n) is 24.1. The van der Waals surface area contributed by atoms with Gasteiger partial charge in [-0.3, -0.25) is 38.5 Å². The lowest BCUT2D eigenvalue weighted by molar-refractivity contribution is -0.232. The highest BCUT2D eigenvalue weighted by atomic mass is 16.6. The molecule has 0 bridgehead atoms. The first-order chi connectivity index (χ1) is 19.1. The van der Waals surface area contributed by atoms with E-state index in [0.29, 0.717) is 0 Å². The van der Waals surface area contributed by atoms with Crippen LogP contribution in [0, 0.1) is 5.92 Å². The van der Waals surface area contributed by atoms with Gasteiger partial charge >= 0.3 is 41.8 Å². The second-order valence-corrected chi connectivity index (χ2v) is 9.83. The highest BCUT2D eigenvalue weighted by molar-refractivity contribution is 5.70. The normalized spacial score (nSPS) is 27.1. The third kappa shape index (κ3) is 9.69. The van der Waals surface area contributed by atoms with Crippen molar-refractivity contribution >= 4 is 41.8 Å². The van der Waals surface area contributed by atoms with Gasteiger partial charge in [0.25, 0.3) is 0 Å². The molecular formula is C26H37NO14. The van der Waals surface area contributed by atoms with Gasteiger partial charge < -0.3 is 33.2 Å². The van der Waals surface area contributed by atoms with Gasteiger partial charge in [0, 0.05) is 60.9 Å². The molecule has 0 radical (unpaired) electrons. The molecule has 2 fully saturated rings. The van der Waals surface area contributed by atoms with Gasteiger partial charge in [-0.05, 0) is 13.0 Å². The Morgan fingerprint density at radius 2 is 1.15 bits per heavy atom. The topological polar surface area (TPSA) is 187 Å². The molecule has 2 saturated heterocycles. The summed E-state index contributed by atoms with van der Waals surface area (Å²) in [6.07, 6.45) is -7.20. The van der Waals surface area contributed by atoms with Crippen molar-refractivity contribution in [3.05, 3.63) is 0 Å². The van der Waals surface area contributed by atoms with Crippen molar-refractivity contribution in [2.45, 2.75) is 97.6 Å². The lowest BCUT2D eigenvalue weighted by Crippen LogP contribution is -2.72. The van der Waals surface area contributed by atoms with E-state index < -0.39 is 97.0 Å². The van der Waals surface area contributed by atoms with E-state index in [2.05, 4.69) is 0 Å². The van der Waals surface area contributed by atoms with Crippen LogP contribution < -0.4 is 0 Å². The lowest BCUT2D eigenvalue weighted by atomic mass is 9.76. The van der Waals surface area contributed by atoms with Crippen LogP contribution in [0.4, 0.5) is 0 Å². The van der Waals surface area contributed by atoms with Gasteiger partial charge in [-0.15, -0.1) is 0 Å². The molecule has 41 heavy (non-hydrogen) atoms. The van der Waals surface area contributed by atoms with E-state index >= 15 is 0 Å². The molecule has 0 N–H and O–H groups in total. The Balaban J connectivity index is 2.66. The molecule has 0 aromatic heterocycles. The predicted octanol–water partition coefficient (Wildman–Crippen LogP) is -0.156. The van der Waals surface area contributed by atoms with Crippen LogP contribution in [-0.4, -0.2) is 109 Å². The van der Waals surface area contributed by atoms with E-state index in [0.717, 1.165) is 41.5 Å². The van der Waals surface area contributed by atoms with Crippen molar-refractivity contribution in [3.63, 3.8) is 0 Å². The molecule has 0 aromatic carbocycles. The molecule has 2 rings (SSSR count). The van der Waals surface area contributed by atoms with E-state index in [1.165, 1.54) is 6.92 Å². The van der Waals surface area contributed by atoms with Crippen LogP contribution in [0.3, 0.4) is 0 Å². The summed E-state index contributed by atoms with van der Waals surface area (Å²) < 4.78 is 38.2. The SMILES string of the molecule is CC(=O)OC[C@@H](OC(C)=O)[C@H](OC(C)=O)[C@H]1CCN2C[C@H](OC(C)=O)[C@@H](OC(C)=O)[C@H](OC(C)=O)[C@@H]2[C@H]1OC(C)=O. The zero-order chi connectivity index (χ0) is 31.0. The highest BCUT2D eigenvalue weighted by Gasteiger charge is 2.58. The Labute approximate surface area is 237 Å². The third-order valence-electron chi connectivity index (χ3n) is 6.45. The number of rotatable bonds is 10. The molecule has 0 aromatic rings. The van der Waals surface area contributed by atoms with Crippen LogP contribution in [0.5, 0.6) is 0 Å². The summed E-state index contributed by atoms with van der Waals surface area (Å²) in [5.74, 6) is -5.99. The Hall–Kier alpha value is -3.75. The van der Waals surface area contributed by atoms with Crippen molar-refractivity contribution in [3.8, 4) is 0 Å². The molecule has 0 aliphatic carbocycles. The fourth-order valence-electron chi connectivity index (χ4n) is 5.36. The summed E-state index contributed by atoms with van der Waals surface area (Å²) in [7, 11) is 0. The molecule has 2 aliphatic heterocycles. The summed E-state index contributed by atoms with van der Waals surface area (Å²) >= 11 is 0. The van der Waals surface area contributed by atoms with Gasteiger partial charge in [0.2, 0.25) is 0 Å². The zero-order valence-corrected chi connectivity index (χ0v) is 24.1. The number of piperidine rings is 2. The highest BCUT2D eigenvalue weighted by Crippen LogP contribution is 2.39. The summed E-state index contributed by atoms with van der Waals surface area (Å²) in [4.78, 5) is 86.0. The number of esters is 7. The summed E-state index contributed by atoms with van der Waals surface area (Å²) in [5, 5.41) is 0. The molecule has 15 nitrogen and oxygen atoms in total. The van der Waals surface area contributed by atoms with E-state index in [4.69, 9.17) is 33.2 Å². The molecule has 15 heteroatoms. The van der Waals surface area contributed by atoms with Crippen molar-refractivity contribution in [2.24, 2.45) is 5.92 Å². The number of ether oxygens (including phenoxy) is 7. The van der Waals surface area contributed by atoms with Crippen molar-refractivity contribution in [2.75, 3.05) is 19.7 Å². The van der Waals surface area contributed by atoms with Crippen LogP contribution >= 0.6 is 0 Å². The molecule has 0 spiro atoms. The second-order valence-electron chi connectivity index (χ2n) is 9.83. The molecule has 0 amide bonds. The molecule has 0 saturated carbocycles. The van der Waals surface area contributed by atoms with Crippen LogP contribution in [0.15, 0.2) is 0 Å². The van der Waals surface area contributed by atoms with Crippen molar-refractivity contribution in [1.29, 1.82) is 0 Å². The minimum Gasteiger partial charge on any atom is -0.462 e. The van der Waals surface area contributed by atoms with Gasteiger partial charge in [-0.2, -0.15) is 0 Å². The quantitative estimate of drug-likeness (QED) is 0.242. The summed E-state index contributed by atoms with van der Waals surface area (Å²) in [6.45, 7) is 7.73. The lowest BCUT2D eigenvalue weighted by Gasteiger charge is -2.54.